The number of aryl methyl sites for hydroxylation is 2. The summed E-state index contributed by atoms with van der Waals surface area (Å²) < 4.78 is 1.70. The van der Waals surface area contributed by atoms with Crippen molar-refractivity contribution in [3.63, 3.8) is 0 Å². The van der Waals surface area contributed by atoms with E-state index in [1.807, 2.05) is 75.4 Å². The first-order valence-electron chi connectivity index (χ1n) is 11.3. The molecule has 3 aromatic rings. The normalized spacial score (nSPS) is 18.2. The number of fused-ring (bicyclic) bond motifs is 1. The smallest absolute Gasteiger partial charge is 0.277 e. The summed E-state index contributed by atoms with van der Waals surface area (Å²) in [7, 11) is 0. The van der Waals surface area contributed by atoms with Gasteiger partial charge in [-0.15, -0.1) is 0 Å². The number of rotatable bonds is 4. The summed E-state index contributed by atoms with van der Waals surface area (Å²) in [5.41, 5.74) is 3.92. The fraction of sp³-hybridized carbons (Fsp3) is 0.370. The third kappa shape index (κ3) is 4.17. The maximum absolute atomic E-state index is 13.8. The molecule has 2 amide bonds. The van der Waals surface area contributed by atoms with Gasteiger partial charge in [0.05, 0.1) is 12.2 Å². The van der Waals surface area contributed by atoms with Crippen LogP contribution in [-0.2, 0) is 23.3 Å². The van der Waals surface area contributed by atoms with E-state index in [2.05, 4.69) is 26.1 Å². The molecule has 172 valence electrons. The van der Waals surface area contributed by atoms with Crippen LogP contribution in [0, 0.1) is 13.8 Å². The van der Waals surface area contributed by atoms with Gasteiger partial charge in [0.1, 0.15) is 11.2 Å². The van der Waals surface area contributed by atoms with Gasteiger partial charge in [0, 0.05) is 17.6 Å². The maximum atomic E-state index is 13.8. The van der Waals surface area contributed by atoms with Gasteiger partial charge in [-0.2, -0.15) is 5.10 Å². The summed E-state index contributed by atoms with van der Waals surface area (Å²) in [4.78, 5) is 29.1. The first-order valence-corrected chi connectivity index (χ1v) is 11.3. The lowest BCUT2D eigenvalue weighted by Crippen LogP contribution is -2.64. The SMILES string of the molecule is Cc1ccc(N2C(=O)c3cc(C(C)(C)C)nn3CC2(C)C(=O)NCc2ccccc2)cc1C. The van der Waals surface area contributed by atoms with E-state index in [9.17, 15) is 9.59 Å². The highest BCUT2D eigenvalue weighted by Gasteiger charge is 2.49. The Morgan fingerprint density at radius 3 is 2.39 bits per heavy atom. The highest BCUT2D eigenvalue weighted by Crippen LogP contribution is 2.35. The van der Waals surface area contributed by atoms with Crippen molar-refractivity contribution in [2.24, 2.45) is 0 Å². The van der Waals surface area contributed by atoms with Crippen LogP contribution in [0.1, 0.15) is 60.6 Å². The Balaban J connectivity index is 1.77. The van der Waals surface area contributed by atoms with Crippen molar-refractivity contribution in [3.05, 3.63) is 82.7 Å². The lowest BCUT2D eigenvalue weighted by atomic mass is 9.91. The number of hydrogen-bond acceptors (Lipinski definition) is 3. The minimum Gasteiger partial charge on any atom is -0.350 e. The van der Waals surface area contributed by atoms with E-state index < -0.39 is 5.54 Å². The number of anilines is 1. The number of amides is 2. The van der Waals surface area contributed by atoms with E-state index in [0.717, 1.165) is 22.4 Å². The average molecular weight is 445 g/mol. The molecule has 1 aliphatic rings. The summed E-state index contributed by atoms with van der Waals surface area (Å²) in [6, 6.07) is 17.5. The second-order valence-electron chi connectivity index (χ2n) is 10.2. The molecule has 0 saturated heterocycles. The molecule has 2 heterocycles. The van der Waals surface area contributed by atoms with Gasteiger partial charge >= 0.3 is 0 Å². The number of nitrogens with one attached hydrogen (secondary N) is 1. The molecule has 0 bridgehead atoms. The molecular formula is C27H32N4O2. The van der Waals surface area contributed by atoms with E-state index in [0.29, 0.717) is 17.9 Å². The first kappa shape index (κ1) is 22.8. The van der Waals surface area contributed by atoms with Crippen molar-refractivity contribution in [2.75, 3.05) is 4.90 Å². The van der Waals surface area contributed by atoms with Crippen molar-refractivity contribution in [2.45, 2.75) is 65.6 Å². The lowest BCUT2D eigenvalue weighted by Gasteiger charge is -2.43. The number of benzene rings is 2. The van der Waals surface area contributed by atoms with Crippen LogP contribution in [0.15, 0.2) is 54.6 Å². The minimum atomic E-state index is -1.14. The largest absolute Gasteiger partial charge is 0.350 e. The molecule has 0 fully saturated rings. The summed E-state index contributed by atoms with van der Waals surface area (Å²) in [5, 5.41) is 7.77. The van der Waals surface area contributed by atoms with Crippen molar-refractivity contribution in [3.8, 4) is 0 Å². The van der Waals surface area contributed by atoms with Crippen molar-refractivity contribution in [1.29, 1.82) is 0 Å². The fourth-order valence-electron chi connectivity index (χ4n) is 4.19. The van der Waals surface area contributed by atoms with Crippen LogP contribution in [0.4, 0.5) is 5.69 Å². The summed E-state index contributed by atoms with van der Waals surface area (Å²) in [6.45, 7) is 12.7. The van der Waals surface area contributed by atoms with E-state index in [4.69, 9.17) is 5.10 Å². The fourth-order valence-corrected chi connectivity index (χ4v) is 4.19. The molecule has 1 unspecified atom stereocenters. The van der Waals surface area contributed by atoms with Gasteiger partial charge in [-0.1, -0.05) is 57.2 Å². The van der Waals surface area contributed by atoms with Gasteiger partial charge in [-0.3, -0.25) is 19.2 Å². The zero-order chi connectivity index (χ0) is 24.0. The van der Waals surface area contributed by atoms with Crippen LogP contribution in [0.2, 0.25) is 0 Å². The Morgan fingerprint density at radius 1 is 1.06 bits per heavy atom. The van der Waals surface area contributed by atoms with Crippen molar-refractivity contribution >= 4 is 17.5 Å². The Kier molecular flexibility index (Phi) is 5.64. The van der Waals surface area contributed by atoms with E-state index in [1.165, 1.54) is 0 Å². The molecule has 1 N–H and O–H groups in total. The molecule has 4 rings (SSSR count). The number of aromatic nitrogens is 2. The van der Waals surface area contributed by atoms with Crippen molar-refractivity contribution in [1.82, 2.24) is 15.1 Å². The van der Waals surface area contributed by atoms with Crippen LogP contribution >= 0.6 is 0 Å². The van der Waals surface area contributed by atoms with Gasteiger partial charge in [0.15, 0.2) is 0 Å². The van der Waals surface area contributed by atoms with Crippen LogP contribution in [0.25, 0.3) is 0 Å². The topological polar surface area (TPSA) is 67.2 Å². The average Bonchev–Trinajstić information content (AvgIpc) is 3.20. The highest BCUT2D eigenvalue weighted by molar-refractivity contribution is 6.11. The Morgan fingerprint density at radius 2 is 1.76 bits per heavy atom. The molecule has 1 aromatic heterocycles. The van der Waals surface area contributed by atoms with Gasteiger partial charge < -0.3 is 5.32 Å². The maximum Gasteiger partial charge on any atom is 0.277 e. The molecule has 2 aromatic carbocycles. The quantitative estimate of drug-likeness (QED) is 0.643. The Hall–Kier alpha value is -3.41. The predicted molar refractivity (Wildman–Crippen MR) is 130 cm³/mol. The van der Waals surface area contributed by atoms with E-state index in [-0.39, 0.29) is 23.8 Å². The van der Waals surface area contributed by atoms with Crippen LogP contribution in [-0.4, -0.2) is 27.1 Å². The number of nitrogens with zero attached hydrogens (tertiary/aromatic N) is 3. The zero-order valence-corrected chi connectivity index (χ0v) is 20.3. The lowest BCUT2D eigenvalue weighted by molar-refractivity contribution is -0.126. The molecule has 33 heavy (non-hydrogen) atoms. The van der Waals surface area contributed by atoms with E-state index >= 15 is 0 Å². The zero-order valence-electron chi connectivity index (χ0n) is 20.3. The molecule has 0 radical (unpaired) electrons. The van der Waals surface area contributed by atoms with Gasteiger partial charge in [-0.05, 0) is 55.7 Å². The molecule has 1 atom stereocenters. The summed E-state index contributed by atoms with van der Waals surface area (Å²) in [6.07, 6.45) is 0. The summed E-state index contributed by atoms with van der Waals surface area (Å²) >= 11 is 0. The molecule has 0 aliphatic carbocycles. The number of carbonyl (C=O) groups excluding carboxylic acids is 2. The third-order valence-electron chi connectivity index (χ3n) is 6.46. The Bertz CT molecular complexity index is 1210. The second kappa shape index (κ2) is 8.18. The van der Waals surface area contributed by atoms with Crippen molar-refractivity contribution < 1.29 is 9.59 Å². The van der Waals surface area contributed by atoms with Crippen LogP contribution in [0.3, 0.4) is 0 Å². The molecule has 0 spiro atoms. The highest BCUT2D eigenvalue weighted by atomic mass is 16.2. The van der Waals surface area contributed by atoms with Gasteiger partial charge in [-0.25, -0.2) is 0 Å². The molecule has 0 saturated carbocycles. The number of carbonyl (C=O) groups is 2. The molecule has 6 nitrogen and oxygen atoms in total. The van der Waals surface area contributed by atoms with Crippen LogP contribution < -0.4 is 10.2 Å². The van der Waals surface area contributed by atoms with Gasteiger partial charge in [0.2, 0.25) is 5.91 Å². The molecule has 6 heteroatoms. The van der Waals surface area contributed by atoms with Gasteiger partial charge in [0.25, 0.3) is 5.91 Å². The Labute approximate surface area is 195 Å². The summed E-state index contributed by atoms with van der Waals surface area (Å²) in [5.74, 6) is -0.429. The predicted octanol–water partition coefficient (Wildman–Crippen LogP) is 4.53. The van der Waals surface area contributed by atoms with Crippen LogP contribution in [0.5, 0.6) is 0 Å². The number of hydrogen-bond donors (Lipinski definition) is 1. The molecule has 1 aliphatic heterocycles. The third-order valence-corrected chi connectivity index (χ3v) is 6.46. The second-order valence-corrected chi connectivity index (χ2v) is 10.2. The monoisotopic (exact) mass is 444 g/mol. The molecular weight excluding hydrogens is 412 g/mol. The van der Waals surface area contributed by atoms with E-state index in [1.54, 1.807) is 9.58 Å². The first-order chi connectivity index (χ1) is 15.5. The standard InChI is InChI=1S/C27H32N4O2/c1-18-12-13-21(14-19(18)2)31-24(32)22-15-23(26(3,4)5)29-30(22)17-27(31,6)25(33)28-16-20-10-8-7-9-11-20/h7-15H,16-17H2,1-6H3,(H,28,33). The minimum absolute atomic E-state index is 0.206.